The van der Waals surface area contributed by atoms with E-state index in [1.807, 2.05) is 0 Å². The highest BCUT2D eigenvalue weighted by Gasteiger charge is 2.42. The molecule has 0 heterocycles. The van der Waals surface area contributed by atoms with Crippen molar-refractivity contribution < 1.29 is 19.1 Å². The lowest BCUT2D eigenvalue weighted by atomic mass is 10.1. The van der Waals surface area contributed by atoms with Gasteiger partial charge in [0.2, 0.25) is 5.91 Å². The first-order valence-corrected chi connectivity index (χ1v) is 8.14. The van der Waals surface area contributed by atoms with Gasteiger partial charge in [-0.05, 0) is 42.8 Å². The molecule has 1 aliphatic carbocycles. The molecule has 1 fully saturated rings. The van der Waals surface area contributed by atoms with E-state index in [0.29, 0.717) is 22.6 Å². The third-order valence-corrected chi connectivity index (χ3v) is 4.38. The second-order valence-electron chi connectivity index (χ2n) is 5.88. The molecule has 5 nitrogen and oxygen atoms in total. The SMILES string of the molecule is O=C(CNC(=O)c1ccc(O)cc1)N[C@@H]1C[C@H]1c1c(F)cccc1Cl. The summed E-state index contributed by atoms with van der Waals surface area (Å²) in [5.74, 6) is -1.24. The summed E-state index contributed by atoms with van der Waals surface area (Å²) >= 11 is 6.02. The Kier molecular flexibility index (Phi) is 4.90. The van der Waals surface area contributed by atoms with Crippen LogP contribution in [0.2, 0.25) is 5.02 Å². The molecule has 2 atom stereocenters. The summed E-state index contributed by atoms with van der Waals surface area (Å²) in [5.41, 5.74) is 0.760. The maximum absolute atomic E-state index is 13.9. The Morgan fingerprint density at radius 1 is 1.20 bits per heavy atom. The molecule has 2 amide bonds. The fraction of sp³-hybridized carbons (Fsp3) is 0.222. The number of halogens is 2. The molecule has 3 N–H and O–H groups in total. The van der Waals surface area contributed by atoms with Gasteiger partial charge in [-0.15, -0.1) is 0 Å². The third kappa shape index (κ3) is 4.09. The minimum absolute atomic E-state index is 0.0564. The van der Waals surface area contributed by atoms with Crippen LogP contribution >= 0.6 is 11.6 Å². The van der Waals surface area contributed by atoms with E-state index in [1.165, 1.54) is 36.4 Å². The highest BCUT2D eigenvalue weighted by Crippen LogP contribution is 2.44. The second-order valence-corrected chi connectivity index (χ2v) is 6.29. The van der Waals surface area contributed by atoms with Crippen LogP contribution < -0.4 is 10.6 Å². The molecule has 1 saturated carbocycles. The maximum atomic E-state index is 13.9. The van der Waals surface area contributed by atoms with Gasteiger partial charge in [-0.3, -0.25) is 9.59 Å². The van der Waals surface area contributed by atoms with Gasteiger partial charge in [0.1, 0.15) is 11.6 Å². The van der Waals surface area contributed by atoms with Crippen LogP contribution in [0, 0.1) is 5.82 Å². The number of aromatic hydroxyl groups is 1. The Balaban J connectivity index is 1.49. The van der Waals surface area contributed by atoms with Crippen LogP contribution in [0.4, 0.5) is 4.39 Å². The molecule has 0 saturated heterocycles. The van der Waals surface area contributed by atoms with Gasteiger partial charge in [0.15, 0.2) is 0 Å². The zero-order valence-electron chi connectivity index (χ0n) is 13.1. The number of amides is 2. The van der Waals surface area contributed by atoms with Crippen molar-refractivity contribution in [2.24, 2.45) is 0 Å². The van der Waals surface area contributed by atoms with E-state index in [0.717, 1.165) is 0 Å². The Morgan fingerprint density at radius 2 is 1.92 bits per heavy atom. The van der Waals surface area contributed by atoms with Crippen molar-refractivity contribution in [1.29, 1.82) is 0 Å². The van der Waals surface area contributed by atoms with E-state index in [4.69, 9.17) is 11.6 Å². The number of phenolic OH excluding ortho intramolecular Hbond substituents is 1. The molecule has 3 rings (SSSR count). The predicted molar refractivity (Wildman–Crippen MR) is 91.1 cm³/mol. The first-order valence-electron chi connectivity index (χ1n) is 7.76. The normalized spacial score (nSPS) is 18.5. The lowest BCUT2D eigenvalue weighted by Crippen LogP contribution is -2.38. The molecule has 2 aromatic carbocycles. The standard InChI is InChI=1S/C18H16ClFN2O3/c19-13-2-1-3-14(20)17(13)12-8-15(12)22-16(24)9-21-18(25)10-4-6-11(23)7-5-10/h1-7,12,15,23H,8-9H2,(H,21,25)(H,22,24)/t12-,15-/m1/s1. The predicted octanol–water partition coefficient (Wildman–Crippen LogP) is 2.59. The van der Waals surface area contributed by atoms with Crippen molar-refractivity contribution in [1.82, 2.24) is 10.6 Å². The molecular weight excluding hydrogens is 347 g/mol. The fourth-order valence-electron chi connectivity index (χ4n) is 2.67. The fourth-order valence-corrected chi connectivity index (χ4v) is 2.97. The number of rotatable bonds is 5. The van der Waals surface area contributed by atoms with Crippen LogP contribution in [0.1, 0.15) is 28.3 Å². The van der Waals surface area contributed by atoms with Crippen molar-refractivity contribution in [2.45, 2.75) is 18.4 Å². The first-order chi connectivity index (χ1) is 12.0. The molecule has 25 heavy (non-hydrogen) atoms. The van der Waals surface area contributed by atoms with E-state index in [-0.39, 0.29) is 36.0 Å². The van der Waals surface area contributed by atoms with E-state index in [9.17, 15) is 19.1 Å². The number of nitrogens with one attached hydrogen (secondary N) is 2. The van der Waals surface area contributed by atoms with Gasteiger partial charge in [0.05, 0.1) is 6.54 Å². The van der Waals surface area contributed by atoms with Crippen molar-refractivity contribution in [3.05, 3.63) is 64.4 Å². The van der Waals surface area contributed by atoms with E-state index < -0.39 is 5.91 Å². The van der Waals surface area contributed by atoms with Crippen molar-refractivity contribution in [3.63, 3.8) is 0 Å². The van der Waals surface area contributed by atoms with Gasteiger partial charge in [0, 0.05) is 28.1 Å². The molecule has 0 radical (unpaired) electrons. The van der Waals surface area contributed by atoms with E-state index in [2.05, 4.69) is 10.6 Å². The number of hydrogen-bond acceptors (Lipinski definition) is 3. The minimum atomic E-state index is -0.417. The van der Waals surface area contributed by atoms with Gasteiger partial charge in [-0.25, -0.2) is 4.39 Å². The summed E-state index contributed by atoms with van der Waals surface area (Å²) in [5, 5.41) is 14.8. The monoisotopic (exact) mass is 362 g/mol. The number of phenols is 1. The zero-order valence-corrected chi connectivity index (χ0v) is 13.9. The molecular formula is C18H16ClFN2O3. The van der Waals surface area contributed by atoms with Crippen LogP contribution in [0.25, 0.3) is 0 Å². The molecule has 130 valence electrons. The molecule has 0 bridgehead atoms. The van der Waals surface area contributed by atoms with E-state index >= 15 is 0 Å². The first kappa shape index (κ1) is 17.2. The molecule has 0 unspecified atom stereocenters. The molecule has 1 aliphatic rings. The quantitative estimate of drug-likeness (QED) is 0.765. The largest absolute Gasteiger partial charge is 0.508 e. The second kappa shape index (κ2) is 7.11. The maximum Gasteiger partial charge on any atom is 0.251 e. The summed E-state index contributed by atoms with van der Waals surface area (Å²) in [6, 6.07) is 10.0. The molecule has 0 spiro atoms. The van der Waals surface area contributed by atoms with Crippen LogP contribution in [0.3, 0.4) is 0 Å². The van der Waals surface area contributed by atoms with Crippen LogP contribution in [-0.2, 0) is 4.79 Å². The summed E-state index contributed by atoms with van der Waals surface area (Å²) < 4.78 is 13.9. The lowest BCUT2D eigenvalue weighted by molar-refractivity contribution is -0.120. The van der Waals surface area contributed by atoms with Crippen molar-refractivity contribution in [3.8, 4) is 5.75 Å². The summed E-state index contributed by atoms with van der Waals surface area (Å²) in [6.07, 6.45) is 0.609. The van der Waals surface area contributed by atoms with Gasteiger partial charge in [0.25, 0.3) is 5.91 Å². The number of hydrogen-bond donors (Lipinski definition) is 3. The highest BCUT2D eigenvalue weighted by atomic mass is 35.5. The summed E-state index contributed by atoms with van der Waals surface area (Å²) in [4.78, 5) is 23.8. The average Bonchev–Trinajstić information content (AvgIpc) is 3.31. The molecule has 0 aromatic heterocycles. The molecule has 2 aromatic rings. The Bertz CT molecular complexity index is 790. The zero-order chi connectivity index (χ0) is 18.0. The summed E-state index contributed by atoms with van der Waals surface area (Å²) in [7, 11) is 0. The Hall–Kier alpha value is -2.60. The minimum Gasteiger partial charge on any atom is -0.508 e. The van der Waals surface area contributed by atoms with Gasteiger partial charge >= 0.3 is 0 Å². The number of carbonyl (C=O) groups excluding carboxylic acids is 2. The topological polar surface area (TPSA) is 78.4 Å². The van der Waals surface area contributed by atoms with E-state index in [1.54, 1.807) is 6.07 Å². The Labute approximate surface area is 148 Å². The number of carbonyl (C=O) groups is 2. The van der Waals surface area contributed by atoms with Crippen LogP contribution in [0.15, 0.2) is 42.5 Å². The average molecular weight is 363 g/mol. The van der Waals surface area contributed by atoms with Gasteiger partial charge in [-0.1, -0.05) is 17.7 Å². The van der Waals surface area contributed by atoms with Crippen LogP contribution in [0.5, 0.6) is 5.75 Å². The smallest absolute Gasteiger partial charge is 0.251 e. The third-order valence-electron chi connectivity index (χ3n) is 4.05. The molecule has 0 aliphatic heterocycles. The van der Waals surface area contributed by atoms with Gasteiger partial charge < -0.3 is 15.7 Å². The lowest BCUT2D eigenvalue weighted by Gasteiger charge is -2.08. The van der Waals surface area contributed by atoms with Gasteiger partial charge in [-0.2, -0.15) is 0 Å². The summed E-state index contributed by atoms with van der Waals surface area (Å²) in [6.45, 7) is -0.187. The molecule has 7 heteroatoms. The Morgan fingerprint density at radius 3 is 2.60 bits per heavy atom. The van der Waals surface area contributed by atoms with Crippen molar-refractivity contribution in [2.75, 3.05) is 6.54 Å². The number of benzene rings is 2. The highest BCUT2D eigenvalue weighted by molar-refractivity contribution is 6.31. The van der Waals surface area contributed by atoms with Crippen LogP contribution in [-0.4, -0.2) is 29.5 Å². The van der Waals surface area contributed by atoms with Crippen molar-refractivity contribution >= 4 is 23.4 Å².